The molecule has 3 aromatic carbocycles. The van der Waals surface area contributed by atoms with E-state index in [0.29, 0.717) is 11.1 Å². The molecule has 118 valence electrons. The van der Waals surface area contributed by atoms with Crippen LogP contribution in [0, 0.1) is 0 Å². The normalized spacial score (nSPS) is 10.2. The fraction of sp³-hybridized carbons (Fsp3) is 0. The highest BCUT2D eigenvalue weighted by molar-refractivity contribution is 6.03. The average molecular weight is 318 g/mol. The summed E-state index contributed by atoms with van der Waals surface area (Å²) in [5.41, 5.74) is 0.174. The van der Waals surface area contributed by atoms with Crippen LogP contribution in [0.5, 0.6) is 11.5 Å². The summed E-state index contributed by atoms with van der Waals surface area (Å²) in [4.78, 5) is 24.2. The highest BCUT2D eigenvalue weighted by Gasteiger charge is 2.19. The monoisotopic (exact) mass is 318 g/mol. The Hall–Kier alpha value is -3.40. The zero-order valence-corrected chi connectivity index (χ0v) is 12.8. The number of esters is 2. The average Bonchev–Trinajstić information content (AvgIpc) is 2.62. The van der Waals surface area contributed by atoms with Crippen LogP contribution in [0.2, 0.25) is 0 Å². The highest BCUT2D eigenvalue weighted by Crippen LogP contribution is 2.31. The van der Waals surface area contributed by atoms with Gasteiger partial charge >= 0.3 is 11.9 Å². The molecule has 0 N–H and O–H groups in total. The van der Waals surface area contributed by atoms with Crippen LogP contribution in [0.1, 0.15) is 10.4 Å². The third-order valence-electron chi connectivity index (χ3n) is 3.42. The summed E-state index contributed by atoms with van der Waals surface area (Å²) >= 11 is 0. The molecule has 0 radical (unpaired) electrons. The Bertz CT molecular complexity index is 913. The van der Waals surface area contributed by atoms with Crippen molar-refractivity contribution in [2.75, 3.05) is 0 Å². The third-order valence-corrected chi connectivity index (χ3v) is 3.42. The van der Waals surface area contributed by atoms with E-state index in [9.17, 15) is 9.59 Å². The Kier molecular flexibility index (Phi) is 4.38. The lowest BCUT2D eigenvalue weighted by atomic mass is 10.1. The number of hydrogen-bond donors (Lipinski definition) is 0. The lowest BCUT2D eigenvalue weighted by Crippen LogP contribution is -2.13. The molecule has 0 amide bonds. The molecule has 0 saturated carbocycles. The minimum Gasteiger partial charge on any atom is -0.423 e. The van der Waals surface area contributed by atoms with Gasteiger partial charge in [-0.3, -0.25) is 0 Å². The van der Waals surface area contributed by atoms with Gasteiger partial charge in [0.2, 0.25) is 0 Å². The van der Waals surface area contributed by atoms with Crippen LogP contribution >= 0.6 is 0 Å². The number of para-hydroxylation sites is 1. The van der Waals surface area contributed by atoms with Gasteiger partial charge in [-0.1, -0.05) is 55.1 Å². The number of carbonyl (C=O) groups excluding carboxylic acids is 2. The molecular formula is C20H14O4. The van der Waals surface area contributed by atoms with Crippen molar-refractivity contribution in [3.8, 4) is 11.5 Å². The van der Waals surface area contributed by atoms with Gasteiger partial charge in [0.15, 0.2) is 5.75 Å². The van der Waals surface area contributed by atoms with E-state index in [1.54, 1.807) is 48.5 Å². The maximum Gasteiger partial charge on any atom is 0.347 e. The molecule has 0 aliphatic heterocycles. The highest BCUT2D eigenvalue weighted by atomic mass is 16.5. The van der Waals surface area contributed by atoms with E-state index in [-0.39, 0.29) is 11.3 Å². The molecule has 4 nitrogen and oxygen atoms in total. The summed E-state index contributed by atoms with van der Waals surface area (Å²) in [7, 11) is 0. The smallest absolute Gasteiger partial charge is 0.347 e. The molecule has 0 aromatic heterocycles. The van der Waals surface area contributed by atoms with E-state index in [1.165, 1.54) is 0 Å². The summed E-state index contributed by atoms with van der Waals surface area (Å²) in [6.07, 6.45) is 1.05. The van der Waals surface area contributed by atoms with Gasteiger partial charge in [0, 0.05) is 11.5 Å². The second-order valence-electron chi connectivity index (χ2n) is 4.99. The Labute approximate surface area is 138 Å². The lowest BCUT2D eigenvalue weighted by molar-refractivity contribution is -0.128. The van der Waals surface area contributed by atoms with E-state index < -0.39 is 11.9 Å². The molecule has 24 heavy (non-hydrogen) atoms. The molecule has 0 atom stereocenters. The van der Waals surface area contributed by atoms with E-state index in [4.69, 9.17) is 9.47 Å². The van der Waals surface area contributed by atoms with Crippen LogP contribution in [-0.4, -0.2) is 11.9 Å². The van der Waals surface area contributed by atoms with Gasteiger partial charge in [-0.25, -0.2) is 9.59 Å². The predicted octanol–water partition coefficient (Wildman–Crippen LogP) is 4.15. The molecular weight excluding hydrogens is 304 g/mol. The molecule has 0 heterocycles. The number of benzene rings is 3. The maximum absolute atomic E-state index is 12.5. The van der Waals surface area contributed by atoms with E-state index in [0.717, 1.165) is 11.5 Å². The first-order valence-electron chi connectivity index (χ1n) is 7.32. The number of hydrogen-bond acceptors (Lipinski definition) is 4. The Morgan fingerprint density at radius 2 is 1.54 bits per heavy atom. The van der Waals surface area contributed by atoms with E-state index in [1.807, 2.05) is 18.2 Å². The molecule has 0 bridgehead atoms. The predicted molar refractivity (Wildman–Crippen MR) is 91.2 cm³/mol. The Morgan fingerprint density at radius 3 is 2.29 bits per heavy atom. The quantitative estimate of drug-likeness (QED) is 0.412. The first kappa shape index (κ1) is 15.5. The van der Waals surface area contributed by atoms with Crippen molar-refractivity contribution < 1.29 is 19.1 Å². The Morgan fingerprint density at radius 1 is 0.833 bits per heavy atom. The zero-order valence-electron chi connectivity index (χ0n) is 12.8. The summed E-state index contributed by atoms with van der Waals surface area (Å²) in [5.74, 6) is -0.658. The number of ether oxygens (including phenoxy) is 2. The van der Waals surface area contributed by atoms with Crippen molar-refractivity contribution in [3.63, 3.8) is 0 Å². The van der Waals surface area contributed by atoms with Crippen LogP contribution in [0.3, 0.4) is 0 Å². The fourth-order valence-corrected chi connectivity index (χ4v) is 2.31. The zero-order chi connectivity index (χ0) is 16.9. The van der Waals surface area contributed by atoms with E-state index in [2.05, 4.69) is 6.58 Å². The SMILES string of the molecule is C=CC(=O)Oc1c(C(=O)Oc2ccccc2)ccc2ccccc12. The van der Waals surface area contributed by atoms with Gasteiger partial charge in [0.25, 0.3) is 0 Å². The number of carbonyl (C=O) groups is 2. The van der Waals surface area contributed by atoms with Crippen LogP contribution in [0.4, 0.5) is 0 Å². The van der Waals surface area contributed by atoms with Gasteiger partial charge in [-0.15, -0.1) is 0 Å². The van der Waals surface area contributed by atoms with Crippen LogP contribution < -0.4 is 9.47 Å². The van der Waals surface area contributed by atoms with Crippen LogP contribution in [-0.2, 0) is 4.79 Å². The van der Waals surface area contributed by atoms with Gasteiger partial charge in [0.05, 0.1) is 0 Å². The van der Waals surface area contributed by atoms with Crippen molar-refractivity contribution in [2.45, 2.75) is 0 Å². The molecule has 0 spiro atoms. The second-order valence-corrected chi connectivity index (χ2v) is 4.99. The molecule has 3 aromatic rings. The number of rotatable bonds is 4. The van der Waals surface area contributed by atoms with Gasteiger partial charge in [-0.2, -0.15) is 0 Å². The molecule has 0 aliphatic carbocycles. The Balaban J connectivity index is 2.05. The first-order valence-corrected chi connectivity index (χ1v) is 7.32. The van der Waals surface area contributed by atoms with Crippen LogP contribution in [0.15, 0.2) is 79.4 Å². The lowest BCUT2D eigenvalue weighted by Gasteiger charge is -2.12. The molecule has 0 aliphatic rings. The summed E-state index contributed by atoms with van der Waals surface area (Å²) in [6.45, 7) is 3.39. The third kappa shape index (κ3) is 3.17. The molecule has 0 fully saturated rings. The molecule has 0 saturated heterocycles. The number of fused-ring (bicyclic) bond motifs is 1. The summed E-state index contributed by atoms with van der Waals surface area (Å²) in [5, 5.41) is 1.50. The van der Waals surface area contributed by atoms with Crippen molar-refractivity contribution in [3.05, 3.63) is 84.9 Å². The summed E-state index contributed by atoms with van der Waals surface area (Å²) in [6, 6.07) is 19.4. The van der Waals surface area contributed by atoms with Gasteiger partial charge in [-0.05, 0) is 23.6 Å². The van der Waals surface area contributed by atoms with Crippen molar-refractivity contribution in [2.24, 2.45) is 0 Å². The van der Waals surface area contributed by atoms with Crippen molar-refractivity contribution >= 4 is 22.7 Å². The van der Waals surface area contributed by atoms with Crippen LogP contribution in [0.25, 0.3) is 10.8 Å². The van der Waals surface area contributed by atoms with Gasteiger partial charge < -0.3 is 9.47 Å². The minimum absolute atomic E-state index is 0.166. The topological polar surface area (TPSA) is 52.6 Å². The van der Waals surface area contributed by atoms with Crippen molar-refractivity contribution in [1.82, 2.24) is 0 Å². The van der Waals surface area contributed by atoms with Crippen molar-refractivity contribution in [1.29, 1.82) is 0 Å². The second kappa shape index (κ2) is 6.79. The maximum atomic E-state index is 12.5. The molecule has 0 unspecified atom stereocenters. The summed E-state index contributed by atoms with van der Waals surface area (Å²) < 4.78 is 10.7. The molecule has 3 rings (SSSR count). The molecule has 4 heteroatoms. The largest absolute Gasteiger partial charge is 0.423 e. The standard InChI is InChI=1S/C20H14O4/c1-2-18(21)24-19-16-11-7-6-8-14(16)12-13-17(19)20(22)23-15-9-4-3-5-10-15/h2-13H,1H2. The van der Waals surface area contributed by atoms with Gasteiger partial charge in [0.1, 0.15) is 11.3 Å². The van der Waals surface area contributed by atoms with E-state index >= 15 is 0 Å². The fourth-order valence-electron chi connectivity index (χ4n) is 2.31. The first-order chi connectivity index (χ1) is 11.7. The minimum atomic E-state index is -0.639.